The Labute approximate surface area is 139 Å². The zero-order valence-corrected chi connectivity index (χ0v) is 14.3. The van der Waals surface area contributed by atoms with E-state index in [9.17, 15) is 0 Å². The highest BCUT2D eigenvalue weighted by Crippen LogP contribution is 2.29. The van der Waals surface area contributed by atoms with E-state index in [1.165, 1.54) is 22.3 Å². The van der Waals surface area contributed by atoms with Gasteiger partial charge in [0, 0.05) is 24.8 Å². The highest BCUT2D eigenvalue weighted by atomic mass is 16.5. The molecule has 2 aromatic carbocycles. The lowest BCUT2D eigenvalue weighted by atomic mass is 9.98. The van der Waals surface area contributed by atoms with Crippen LogP contribution in [0.3, 0.4) is 0 Å². The summed E-state index contributed by atoms with van der Waals surface area (Å²) in [7, 11) is 0. The minimum Gasteiger partial charge on any atom is -0.399 e. The van der Waals surface area contributed by atoms with Gasteiger partial charge in [0.1, 0.15) is 0 Å². The van der Waals surface area contributed by atoms with Gasteiger partial charge in [-0.2, -0.15) is 0 Å². The van der Waals surface area contributed by atoms with Crippen molar-refractivity contribution in [3.8, 4) is 0 Å². The van der Waals surface area contributed by atoms with Gasteiger partial charge in [-0.3, -0.25) is 4.90 Å². The second-order valence-corrected chi connectivity index (χ2v) is 6.71. The standard InChI is InChI=1S/C20H26N2O/c1-14-7-8-15(2)19(9-14)20-12-22(16(3)13-23-20)11-17-5-4-6-18(21)10-17/h4-10,16,20H,11-13,21H2,1-3H3. The summed E-state index contributed by atoms with van der Waals surface area (Å²) in [5.41, 5.74) is 11.9. The van der Waals surface area contributed by atoms with Crippen molar-refractivity contribution in [3.05, 3.63) is 64.7 Å². The fraction of sp³-hybridized carbons (Fsp3) is 0.400. The first kappa shape index (κ1) is 16.0. The van der Waals surface area contributed by atoms with Crippen LogP contribution in [0.15, 0.2) is 42.5 Å². The Bertz CT molecular complexity index is 683. The number of nitrogen functional groups attached to an aromatic ring is 1. The van der Waals surface area contributed by atoms with Gasteiger partial charge in [-0.25, -0.2) is 0 Å². The molecule has 2 aromatic rings. The first-order chi connectivity index (χ1) is 11.0. The Morgan fingerprint density at radius 3 is 2.78 bits per heavy atom. The van der Waals surface area contributed by atoms with E-state index in [0.29, 0.717) is 6.04 Å². The predicted molar refractivity (Wildman–Crippen MR) is 95.3 cm³/mol. The van der Waals surface area contributed by atoms with Crippen molar-refractivity contribution >= 4 is 5.69 Å². The van der Waals surface area contributed by atoms with Crippen molar-refractivity contribution in [1.82, 2.24) is 4.90 Å². The Morgan fingerprint density at radius 2 is 2.00 bits per heavy atom. The molecule has 1 heterocycles. The maximum atomic E-state index is 6.14. The number of nitrogens with two attached hydrogens (primary N) is 1. The molecule has 1 fully saturated rings. The summed E-state index contributed by atoms with van der Waals surface area (Å²) in [4.78, 5) is 2.49. The molecule has 0 aliphatic carbocycles. The largest absolute Gasteiger partial charge is 0.399 e. The van der Waals surface area contributed by atoms with Crippen LogP contribution in [0.1, 0.15) is 35.3 Å². The van der Waals surface area contributed by atoms with E-state index in [4.69, 9.17) is 10.5 Å². The predicted octanol–water partition coefficient (Wildman–Crippen LogP) is 3.85. The van der Waals surface area contributed by atoms with Crippen molar-refractivity contribution in [2.24, 2.45) is 0 Å². The minimum absolute atomic E-state index is 0.146. The molecule has 0 radical (unpaired) electrons. The minimum atomic E-state index is 0.146. The lowest BCUT2D eigenvalue weighted by Gasteiger charge is -2.38. The fourth-order valence-electron chi connectivity index (χ4n) is 3.25. The number of rotatable bonds is 3. The van der Waals surface area contributed by atoms with E-state index in [1.54, 1.807) is 0 Å². The average molecular weight is 310 g/mol. The first-order valence-electron chi connectivity index (χ1n) is 8.30. The third kappa shape index (κ3) is 3.74. The molecule has 23 heavy (non-hydrogen) atoms. The van der Waals surface area contributed by atoms with Crippen molar-refractivity contribution in [1.29, 1.82) is 0 Å². The van der Waals surface area contributed by atoms with Crippen LogP contribution in [0.25, 0.3) is 0 Å². The summed E-state index contributed by atoms with van der Waals surface area (Å²) in [6.07, 6.45) is 0.146. The molecule has 1 aliphatic heterocycles. The van der Waals surface area contributed by atoms with Gasteiger partial charge >= 0.3 is 0 Å². The van der Waals surface area contributed by atoms with Crippen LogP contribution in [0.2, 0.25) is 0 Å². The van der Waals surface area contributed by atoms with E-state index < -0.39 is 0 Å². The Hall–Kier alpha value is -1.84. The fourth-order valence-corrected chi connectivity index (χ4v) is 3.25. The topological polar surface area (TPSA) is 38.5 Å². The molecule has 3 nitrogen and oxygen atoms in total. The maximum Gasteiger partial charge on any atom is 0.0955 e. The summed E-state index contributed by atoms with van der Waals surface area (Å²) in [6.45, 7) is 9.13. The molecule has 2 unspecified atom stereocenters. The summed E-state index contributed by atoms with van der Waals surface area (Å²) in [5, 5.41) is 0. The van der Waals surface area contributed by atoms with Crippen molar-refractivity contribution < 1.29 is 4.74 Å². The molecule has 0 bridgehead atoms. The Kier molecular flexibility index (Phi) is 4.69. The van der Waals surface area contributed by atoms with E-state index >= 15 is 0 Å². The molecule has 0 amide bonds. The molecule has 122 valence electrons. The lowest BCUT2D eigenvalue weighted by Crippen LogP contribution is -2.44. The zero-order chi connectivity index (χ0) is 16.4. The molecule has 0 spiro atoms. The number of aryl methyl sites for hydroxylation is 2. The van der Waals surface area contributed by atoms with Gasteiger partial charge in [0.2, 0.25) is 0 Å². The van der Waals surface area contributed by atoms with Gasteiger partial charge in [0.15, 0.2) is 0 Å². The average Bonchev–Trinajstić information content (AvgIpc) is 2.52. The quantitative estimate of drug-likeness (QED) is 0.875. The van der Waals surface area contributed by atoms with Crippen LogP contribution >= 0.6 is 0 Å². The van der Waals surface area contributed by atoms with Gasteiger partial charge in [0.25, 0.3) is 0 Å². The number of ether oxygens (including phenoxy) is 1. The van der Waals surface area contributed by atoms with Crippen LogP contribution in [0.4, 0.5) is 5.69 Å². The summed E-state index contributed by atoms with van der Waals surface area (Å²) < 4.78 is 6.14. The molecule has 3 rings (SSSR count). The SMILES string of the molecule is Cc1ccc(C)c(C2CN(Cc3cccc(N)c3)C(C)CO2)c1. The first-order valence-corrected chi connectivity index (χ1v) is 8.30. The number of anilines is 1. The van der Waals surface area contributed by atoms with Gasteiger partial charge < -0.3 is 10.5 Å². The van der Waals surface area contributed by atoms with Crippen LogP contribution < -0.4 is 5.73 Å². The van der Waals surface area contributed by atoms with Gasteiger partial charge in [-0.1, -0.05) is 35.9 Å². The molecule has 0 aromatic heterocycles. The summed E-state index contributed by atoms with van der Waals surface area (Å²) in [6, 6.07) is 15.2. The highest BCUT2D eigenvalue weighted by molar-refractivity contribution is 5.40. The number of benzene rings is 2. The monoisotopic (exact) mass is 310 g/mol. The van der Waals surface area contributed by atoms with Crippen LogP contribution in [-0.2, 0) is 11.3 Å². The molecule has 0 saturated carbocycles. The van der Waals surface area contributed by atoms with Crippen molar-refractivity contribution in [2.75, 3.05) is 18.9 Å². The second-order valence-electron chi connectivity index (χ2n) is 6.71. The molecule has 1 aliphatic rings. The number of hydrogen-bond acceptors (Lipinski definition) is 3. The Balaban J connectivity index is 1.77. The number of nitrogens with zero attached hydrogens (tertiary/aromatic N) is 1. The van der Waals surface area contributed by atoms with Crippen LogP contribution in [0.5, 0.6) is 0 Å². The molecule has 1 saturated heterocycles. The number of hydrogen-bond donors (Lipinski definition) is 1. The number of morpholine rings is 1. The van der Waals surface area contributed by atoms with Gasteiger partial charge in [-0.15, -0.1) is 0 Å². The van der Waals surface area contributed by atoms with E-state index in [-0.39, 0.29) is 6.10 Å². The van der Waals surface area contributed by atoms with Crippen LogP contribution in [-0.4, -0.2) is 24.1 Å². The smallest absolute Gasteiger partial charge is 0.0955 e. The molecule has 2 N–H and O–H groups in total. The van der Waals surface area contributed by atoms with E-state index in [1.807, 2.05) is 12.1 Å². The normalized spacial score (nSPS) is 22.2. The van der Waals surface area contributed by atoms with Crippen molar-refractivity contribution in [2.45, 2.75) is 39.5 Å². The molecule has 3 heteroatoms. The van der Waals surface area contributed by atoms with Crippen LogP contribution in [0, 0.1) is 13.8 Å². The molecule has 2 atom stereocenters. The highest BCUT2D eigenvalue weighted by Gasteiger charge is 2.28. The molecular formula is C20H26N2O. The second kappa shape index (κ2) is 6.73. The lowest BCUT2D eigenvalue weighted by molar-refractivity contribution is -0.0635. The van der Waals surface area contributed by atoms with Crippen molar-refractivity contribution in [3.63, 3.8) is 0 Å². The Morgan fingerprint density at radius 1 is 1.17 bits per heavy atom. The summed E-state index contributed by atoms with van der Waals surface area (Å²) in [5.74, 6) is 0. The van der Waals surface area contributed by atoms with E-state index in [0.717, 1.165) is 25.4 Å². The third-order valence-electron chi connectivity index (χ3n) is 4.68. The zero-order valence-electron chi connectivity index (χ0n) is 14.3. The third-order valence-corrected chi connectivity index (χ3v) is 4.68. The van der Waals surface area contributed by atoms with Gasteiger partial charge in [0.05, 0.1) is 12.7 Å². The maximum absolute atomic E-state index is 6.14. The molecular weight excluding hydrogens is 284 g/mol. The van der Waals surface area contributed by atoms with E-state index in [2.05, 4.69) is 56.0 Å². The van der Waals surface area contributed by atoms with Gasteiger partial charge in [-0.05, 0) is 49.6 Å². The summed E-state index contributed by atoms with van der Waals surface area (Å²) >= 11 is 0.